The van der Waals surface area contributed by atoms with Crippen LogP contribution in [0.3, 0.4) is 0 Å². The number of carbonyl (C=O) groups excluding carboxylic acids is 1. The third-order valence-electron chi connectivity index (χ3n) is 3.80. The summed E-state index contributed by atoms with van der Waals surface area (Å²) >= 11 is 0. The molecule has 3 N–H and O–H groups in total. The largest absolute Gasteiger partial charge is 0.495 e. The number of methoxy groups -OCH3 is 1. The SMILES string of the molecule is COc1ccc(CCC(=O)Nc2ccc(C(C)C)cc2)cc1N. The summed E-state index contributed by atoms with van der Waals surface area (Å²) in [4.78, 5) is 12.0. The van der Waals surface area contributed by atoms with E-state index in [1.165, 1.54) is 5.56 Å². The predicted octanol–water partition coefficient (Wildman–Crippen LogP) is 3.97. The quantitative estimate of drug-likeness (QED) is 0.793. The summed E-state index contributed by atoms with van der Waals surface area (Å²) in [6.45, 7) is 4.29. The zero-order chi connectivity index (χ0) is 16.8. The Bertz CT molecular complexity index is 664. The fourth-order valence-corrected chi connectivity index (χ4v) is 2.37. The highest BCUT2D eigenvalue weighted by Crippen LogP contribution is 2.22. The van der Waals surface area contributed by atoms with Crippen molar-refractivity contribution in [3.63, 3.8) is 0 Å². The lowest BCUT2D eigenvalue weighted by molar-refractivity contribution is -0.116. The van der Waals surface area contributed by atoms with E-state index in [1.807, 2.05) is 42.5 Å². The number of nitrogens with two attached hydrogens (primary N) is 1. The Morgan fingerprint density at radius 2 is 1.87 bits per heavy atom. The van der Waals surface area contributed by atoms with Crippen LogP contribution >= 0.6 is 0 Å². The minimum Gasteiger partial charge on any atom is -0.495 e. The van der Waals surface area contributed by atoms with Crippen LogP contribution in [0.15, 0.2) is 42.5 Å². The molecule has 122 valence electrons. The molecule has 2 rings (SSSR count). The van der Waals surface area contributed by atoms with Gasteiger partial charge in [0.1, 0.15) is 5.75 Å². The van der Waals surface area contributed by atoms with Crippen LogP contribution in [0.2, 0.25) is 0 Å². The number of aryl methyl sites for hydroxylation is 1. The van der Waals surface area contributed by atoms with Crippen molar-refractivity contribution in [1.82, 2.24) is 0 Å². The highest BCUT2D eigenvalue weighted by molar-refractivity contribution is 5.90. The van der Waals surface area contributed by atoms with Crippen molar-refractivity contribution in [2.24, 2.45) is 0 Å². The van der Waals surface area contributed by atoms with E-state index in [2.05, 4.69) is 19.2 Å². The van der Waals surface area contributed by atoms with Gasteiger partial charge in [0.05, 0.1) is 12.8 Å². The second-order valence-electron chi connectivity index (χ2n) is 5.90. The second kappa shape index (κ2) is 7.68. The number of nitrogen functional groups attached to an aromatic ring is 1. The fourth-order valence-electron chi connectivity index (χ4n) is 2.37. The lowest BCUT2D eigenvalue weighted by Gasteiger charge is -2.09. The van der Waals surface area contributed by atoms with Gasteiger partial charge < -0.3 is 15.8 Å². The molecule has 0 atom stereocenters. The van der Waals surface area contributed by atoms with Crippen LogP contribution in [0.1, 0.15) is 37.3 Å². The number of anilines is 2. The molecule has 0 radical (unpaired) electrons. The summed E-state index contributed by atoms with van der Waals surface area (Å²) < 4.78 is 5.13. The monoisotopic (exact) mass is 312 g/mol. The smallest absolute Gasteiger partial charge is 0.224 e. The Morgan fingerprint density at radius 1 is 1.17 bits per heavy atom. The van der Waals surface area contributed by atoms with Crippen molar-refractivity contribution in [3.05, 3.63) is 53.6 Å². The van der Waals surface area contributed by atoms with Gasteiger partial charge in [0.2, 0.25) is 5.91 Å². The maximum Gasteiger partial charge on any atom is 0.224 e. The molecule has 4 heteroatoms. The summed E-state index contributed by atoms with van der Waals surface area (Å²) in [6.07, 6.45) is 1.06. The number of ether oxygens (including phenoxy) is 1. The molecular formula is C19H24N2O2. The first kappa shape index (κ1) is 16.9. The van der Waals surface area contributed by atoms with Crippen LogP contribution in [0.25, 0.3) is 0 Å². The summed E-state index contributed by atoms with van der Waals surface area (Å²) in [5.74, 6) is 1.14. The van der Waals surface area contributed by atoms with Gasteiger partial charge >= 0.3 is 0 Å². The zero-order valence-corrected chi connectivity index (χ0v) is 13.9. The van der Waals surface area contributed by atoms with Gasteiger partial charge in [-0.2, -0.15) is 0 Å². The molecule has 23 heavy (non-hydrogen) atoms. The van der Waals surface area contributed by atoms with Gasteiger partial charge in [-0.25, -0.2) is 0 Å². The molecule has 0 aromatic heterocycles. The van der Waals surface area contributed by atoms with Crippen LogP contribution in [0.4, 0.5) is 11.4 Å². The standard InChI is InChI=1S/C19H24N2O2/c1-13(2)15-6-8-16(9-7-15)21-19(22)11-5-14-4-10-18(23-3)17(20)12-14/h4,6-10,12-13H,5,11,20H2,1-3H3,(H,21,22). The fraction of sp³-hybridized carbons (Fsp3) is 0.316. The van der Waals surface area contributed by atoms with Crippen molar-refractivity contribution in [2.75, 3.05) is 18.2 Å². The molecule has 0 bridgehead atoms. The van der Waals surface area contributed by atoms with E-state index < -0.39 is 0 Å². The minimum atomic E-state index is -0.00307. The summed E-state index contributed by atoms with van der Waals surface area (Å²) in [5, 5.41) is 2.92. The average molecular weight is 312 g/mol. The number of nitrogens with one attached hydrogen (secondary N) is 1. The van der Waals surface area contributed by atoms with Gasteiger partial charge in [-0.15, -0.1) is 0 Å². The first-order valence-corrected chi connectivity index (χ1v) is 7.82. The minimum absolute atomic E-state index is 0.00307. The molecule has 0 unspecified atom stereocenters. The van der Waals surface area contributed by atoms with Crippen LogP contribution < -0.4 is 15.8 Å². The molecule has 0 saturated carbocycles. The third kappa shape index (κ3) is 4.74. The Balaban J connectivity index is 1.88. The molecule has 0 aliphatic rings. The van der Waals surface area contributed by atoms with Crippen molar-refractivity contribution in [2.45, 2.75) is 32.6 Å². The highest BCUT2D eigenvalue weighted by atomic mass is 16.5. The number of carbonyl (C=O) groups is 1. The van der Waals surface area contributed by atoms with Gasteiger partial charge in [0, 0.05) is 12.1 Å². The van der Waals surface area contributed by atoms with Crippen molar-refractivity contribution in [1.29, 1.82) is 0 Å². The Morgan fingerprint density at radius 3 is 2.43 bits per heavy atom. The lowest BCUT2D eigenvalue weighted by atomic mass is 10.0. The molecular weight excluding hydrogens is 288 g/mol. The first-order valence-electron chi connectivity index (χ1n) is 7.82. The molecule has 0 saturated heterocycles. The second-order valence-corrected chi connectivity index (χ2v) is 5.90. The Hall–Kier alpha value is -2.49. The van der Waals surface area contributed by atoms with E-state index in [0.29, 0.717) is 30.2 Å². The van der Waals surface area contributed by atoms with E-state index in [0.717, 1.165) is 11.3 Å². The number of amides is 1. The van der Waals surface area contributed by atoms with E-state index >= 15 is 0 Å². The molecule has 1 amide bonds. The zero-order valence-electron chi connectivity index (χ0n) is 13.9. The molecule has 0 spiro atoms. The first-order chi connectivity index (χ1) is 11.0. The summed E-state index contributed by atoms with van der Waals surface area (Å²) in [6, 6.07) is 13.6. The van der Waals surface area contributed by atoms with E-state index in [-0.39, 0.29) is 5.91 Å². The highest BCUT2D eigenvalue weighted by Gasteiger charge is 2.06. The molecule has 0 aliphatic heterocycles. The van der Waals surface area contributed by atoms with E-state index in [4.69, 9.17) is 10.5 Å². The number of hydrogen-bond donors (Lipinski definition) is 2. The van der Waals surface area contributed by atoms with Gasteiger partial charge in [0.25, 0.3) is 0 Å². The molecule has 0 heterocycles. The van der Waals surface area contributed by atoms with Crippen molar-refractivity contribution in [3.8, 4) is 5.75 Å². The van der Waals surface area contributed by atoms with E-state index in [1.54, 1.807) is 7.11 Å². The van der Waals surface area contributed by atoms with Crippen LogP contribution in [-0.4, -0.2) is 13.0 Å². The van der Waals surface area contributed by atoms with Gasteiger partial charge in [-0.3, -0.25) is 4.79 Å². The van der Waals surface area contributed by atoms with Gasteiger partial charge in [0.15, 0.2) is 0 Å². The third-order valence-corrected chi connectivity index (χ3v) is 3.80. The molecule has 0 fully saturated rings. The predicted molar refractivity (Wildman–Crippen MR) is 94.9 cm³/mol. The van der Waals surface area contributed by atoms with Crippen LogP contribution in [0.5, 0.6) is 5.75 Å². The van der Waals surface area contributed by atoms with Gasteiger partial charge in [-0.05, 0) is 47.7 Å². The van der Waals surface area contributed by atoms with Crippen LogP contribution in [0, 0.1) is 0 Å². The Labute approximate surface area is 137 Å². The Kier molecular flexibility index (Phi) is 5.63. The van der Waals surface area contributed by atoms with Crippen molar-refractivity contribution >= 4 is 17.3 Å². The normalized spacial score (nSPS) is 10.6. The summed E-state index contributed by atoms with van der Waals surface area (Å²) in [5.41, 5.74) is 9.58. The van der Waals surface area contributed by atoms with Crippen LogP contribution in [-0.2, 0) is 11.2 Å². The maximum absolute atomic E-state index is 12.0. The average Bonchev–Trinajstić information content (AvgIpc) is 2.53. The number of rotatable bonds is 6. The molecule has 0 aliphatic carbocycles. The number of hydrogen-bond acceptors (Lipinski definition) is 3. The maximum atomic E-state index is 12.0. The molecule has 4 nitrogen and oxygen atoms in total. The van der Waals surface area contributed by atoms with E-state index in [9.17, 15) is 4.79 Å². The number of benzene rings is 2. The summed E-state index contributed by atoms with van der Waals surface area (Å²) in [7, 11) is 1.59. The van der Waals surface area contributed by atoms with Crippen molar-refractivity contribution < 1.29 is 9.53 Å². The lowest BCUT2D eigenvalue weighted by Crippen LogP contribution is -2.12. The van der Waals surface area contributed by atoms with Gasteiger partial charge in [-0.1, -0.05) is 32.0 Å². The molecule has 2 aromatic rings. The topological polar surface area (TPSA) is 64.3 Å². The molecule has 2 aromatic carbocycles.